The number of benzene rings is 1. The second kappa shape index (κ2) is 13.9. The van der Waals surface area contributed by atoms with Crippen LogP contribution in [0.25, 0.3) is 0 Å². The van der Waals surface area contributed by atoms with Crippen molar-refractivity contribution < 1.29 is 9.53 Å². The maximum atomic E-state index is 12.6. The van der Waals surface area contributed by atoms with Crippen molar-refractivity contribution in [3.05, 3.63) is 24.3 Å². The number of isothiocyanates is 1. The van der Waals surface area contributed by atoms with Crippen molar-refractivity contribution in [1.82, 2.24) is 0 Å². The van der Waals surface area contributed by atoms with Gasteiger partial charge < -0.3 is 4.74 Å². The van der Waals surface area contributed by atoms with Crippen molar-refractivity contribution in [1.29, 1.82) is 0 Å². The van der Waals surface area contributed by atoms with Crippen LogP contribution in [0.15, 0.2) is 29.3 Å². The first-order valence-electron chi connectivity index (χ1n) is 13.1. The Balaban J connectivity index is 1.29. The van der Waals surface area contributed by atoms with Crippen LogP contribution in [0.1, 0.15) is 103 Å². The van der Waals surface area contributed by atoms with Gasteiger partial charge in [-0.3, -0.25) is 4.79 Å². The molecule has 0 bridgehead atoms. The van der Waals surface area contributed by atoms with Crippen molar-refractivity contribution in [2.24, 2.45) is 28.7 Å². The predicted octanol–water partition coefficient (Wildman–Crippen LogP) is 8.69. The Kier molecular flexibility index (Phi) is 10.9. The molecule has 3 nitrogen and oxygen atoms in total. The van der Waals surface area contributed by atoms with E-state index in [-0.39, 0.29) is 11.9 Å². The predicted molar refractivity (Wildman–Crippen MR) is 136 cm³/mol. The third kappa shape index (κ3) is 8.45. The Morgan fingerprint density at radius 2 is 1.44 bits per heavy atom. The van der Waals surface area contributed by atoms with Gasteiger partial charge in [0.25, 0.3) is 0 Å². The SMILES string of the molecule is CCCCCCC1CCC(CCC2CCC(C(=O)Oc3ccc(N=C=S)cc3)CC2)CC1. The zero-order valence-corrected chi connectivity index (χ0v) is 20.7. The van der Waals surface area contributed by atoms with E-state index in [1.807, 2.05) is 0 Å². The molecule has 2 aliphatic rings. The summed E-state index contributed by atoms with van der Waals surface area (Å²) >= 11 is 4.61. The molecule has 0 radical (unpaired) electrons. The minimum absolute atomic E-state index is 0.0491. The summed E-state index contributed by atoms with van der Waals surface area (Å²) in [7, 11) is 0. The number of hydrogen-bond acceptors (Lipinski definition) is 4. The third-order valence-electron chi connectivity index (χ3n) is 7.83. The monoisotopic (exact) mass is 455 g/mol. The van der Waals surface area contributed by atoms with Crippen LogP contribution in [-0.2, 0) is 4.79 Å². The highest BCUT2D eigenvalue weighted by molar-refractivity contribution is 7.78. The van der Waals surface area contributed by atoms with Gasteiger partial charge in [-0.2, -0.15) is 4.99 Å². The number of aliphatic imine (C=N–C) groups is 1. The molecule has 0 unspecified atom stereocenters. The number of rotatable bonds is 11. The number of hydrogen-bond donors (Lipinski definition) is 0. The lowest BCUT2D eigenvalue weighted by Crippen LogP contribution is -2.26. The van der Waals surface area contributed by atoms with Gasteiger partial charge in [0.1, 0.15) is 5.75 Å². The van der Waals surface area contributed by atoms with Crippen molar-refractivity contribution >= 4 is 29.0 Å². The zero-order valence-electron chi connectivity index (χ0n) is 19.9. The maximum absolute atomic E-state index is 12.6. The number of carbonyl (C=O) groups excluding carboxylic acids is 1. The number of carbonyl (C=O) groups is 1. The van der Waals surface area contributed by atoms with Gasteiger partial charge in [-0.1, -0.05) is 77.6 Å². The Morgan fingerprint density at radius 3 is 2.00 bits per heavy atom. The van der Waals surface area contributed by atoms with Gasteiger partial charge in [0.15, 0.2) is 0 Å². The number of unbranched alkanes of at least 4 members (excludes halogenated alkanes) is 3. The van der Waals surface area contributed by atoms with Crippen LogP contribution in [0, 0.1) is 23.7 Å². The van der Waals surface area contributed by atoms with Crippen LogP contribution in [0.3, 0.4) is 0 Å². The summed E-state index contributed by atoms with van der Waals surface area (Å²) in [6.07, 6.45) is 20.0. The average molecular weight is 456 g/mol. The van der Waals surface area contributed by atoms with Crippen LogP contribution in [0.4, 0.5) is 5.69 Å². The van der Waals surface area contributed by atoms with E-state index < -0.39 is 0 Å². The fourth-order valence-corrected chi connectivity index (χ4v) is 5.77. The molecule has 3 rings (SSSR count). The Hall–Kier alpha value is -1.51. The lowest BCUT2D eigenvalue weighted by Gasteiger charge is -2.31. The van der Waals surface area contributed by atoms with E-state index in [9.17, 15) is 4.79 Å². The zero-order chi connectivity index (χ0) is 22.6. The summed E-state index contributed by atoms with van der Waals surface area (Å²) < 4.78 is 5.60. The van der Waals surface area contributed by atoms with E-state index in [1.165, 1.54) is 83.5 Å². The minimum atomic E-state index is -0.0770. The molecule has 0 N–H and O–H groups in total. The van der Waals surface area contributed by atoms with Gasteiger partial charge in [0.05, 0.1) is 16.8 Å². The lowest BCUT2D eigenvalue weighted by molar-refractivity contribution is -0.140. The van der Waals surface area contributed by atoms with Crippen molar-refractivity contribution in [3.63, 3.8) is 0 Å². The first kappa shape index (κ1) is 25.1. The van der Waals surface area contributed by atoms with Gasteiger partial charge in [-0.05, 0) is 79.9 Å². The molecule has 0 aromatic heterocycles. The topological polar surface area (TPSA) is 38.7 Å². The van der Waals surface area contributed by atoms with Gasteiger partial charge in [0.2, 0.25) is 0 Å². The molecule has 0 saturated heterocycles. The van der Waals surface area contributed by atoms with E-state index in [4.69, 9.17) is 4.74 Å². The van der Waals surface area contributed by atoms with Gasteiger partial charge >= 0.3 is 5.97 Å². The largest absolute Gasteiger partial charge is 0.426 e. The van der Waals surface area contributed by atoms with Crippen LogP contribution < -0.4 is 4.74 Å². The number of ether oxygens (including phenoxy) is 1. The Labute approximate surface area is 200 Å². The molecule has 0 spiro atoms. The fraction of sp³-hybridized carbons (Fsp3) is 0.714. The molecule has 2 saturated carbocycles. The summed E-state index contributed by atoms with van der Waals surface area (Å²) in [6.45, 7) is 2.29. The maximum Gasteiger partial charge on any atom is 0.314 e. The molecule has 0 atom stereocenters. The Bertz CT molecular complexity index is 724. The number of esters is 1. The Morgan fingerprint density at radius 1 is 0.875 bits per heavy atom. The molecule has 0 heterocycles. The van der Waals surface area contributed by atoms with Crippen molar-refractivity contribution in [2.75, 3.05) is 0 Å². The van der Waals surface area contributed by atoms with Crippen LogP contribution in [0.5, 0.6) is 5.75 Å². The van der Waals surface area contributed by atoms with Crippen molar-refractivity contribution in [2.45, 2.75) is 103 Å². The fourth-order valence-electron chi connectivity index (χ4n) is 5.67. The third-order valence-corrected chi connectivity index (χ3v) is 7.92. The summed E-state index contributed by atoms with van der Waals surface area (Å²) in [5, 5.41) is 2.34. The van der Waals surface area contributed by atoms with E-state index in [2.05, 4.69) is 29.3 Å². The number of nitrogens with zero attached hydrogens (tertiary/aromatic N) is 1. The van der Waals surface area contributed by atoms with Gasteiger partial charge in [0, 0.05) is 0 Å². The van der Waals surface area contributed by atoms with Crippen LogP contribution in [-0.4, -0.2) is 11.1 Å². The number of thiocarbonyl (C=S) groups is 1. The van der Waals surface area contributed by atoms with E-state index in [0.717, 1.165) is 36.3 Å². The normalized spacial score (nSPS) is 25.7. The lowest BCUT2D eigenvalue weighted by atomic mass is 9.75. The molecule has 2 fully saturated rings. The molecular formula is C28H41NO2S. The summed E-state index contributed by atoms with van der Waals surface area (Å²) in [6, 6.07) is 7.13. The van der Waals surface area contributed by atoms with E-state index in [1.54, 1.807) is 24.3 Å². The smallest absolute Gasteiger partial charge is 0.314 e. The molecule has 0 amide bonds. The van der Waals surface area contributed by atoms with Crippen LogP contribution in [0.2, 0.25) is 0 Å². The second-order valence-electron chi connectivity index (χ2n) is 10.1. The highest BCUT2D eigenvalue weighted by atomic mass is 32.1. The summed E-state index contributed by atoms with van der Waals surface area (Å²) in [5.74, 6) is 3.32. The highest BCUT2D eigenvalue weighted by Gasteiger charge is 2.29. The van der Waals surface area contributed by atoms with Gasteiger partial charge in [-0.25, -0.2) is 0 Å². The summed E-state index contributed by atoms with van der Waals surface area (Å²) in [4.78, 5) is 16.5. The molecule has 1 aromatic rings. The van der Waals surface area contributed by atoms with E-state index >= 15 is 0 Å². The first-order valence-corrected chi connectivity index (χ1v) is 13.5. The molecule has 1 aromatic carbocycles. The quantitative estimate of drug-likeness (QED) is 0.110. The van der Waals surface area contributed by atoms with Crippen LogP contribution >= 0.6 is 12.2 Å². The molecular weight excluding hydrogens is 414 g/mol. The standard InChI is InChI=1S/C28H41NO2S/c1-2-3-4-5-6-22-7-9-23(10-8-22)11-12-24-13-15-25(16-14-24)28(30)31-27-19-17-26(18-20-27)29-21-32/h17-20,22-25H,2-16H2,1H3. The first-order chi connectivity index (χ1) is 15.7. The highest BCUT2D eigenvalue weighted by Crippen LogP contribution is 2.38. The molecule has 0 aliphatic heterocycles. The van der Waals surface area contributed by atoms with E-state index in [0.29, 0.717) is 5.75 Å². The molecule has 4 heteroatoms. The van der Waals surface area contributed by atoms with Crippen molar-refractivity contribution in [3.8, 4) is 5.75 Å². The average Bonchev–Trinajstić information content (AvgIpc) is 2.83. The molecule has 2 aliphatic carbocycles. The molecule has 32 heavy (non-hydrogen) atoms. The van der Waals surface area contributed by atoms with Gasteiger partial charge in [-0.15, -0.1) is 0 Å². The molecule has 176 valence electrons. The minimum Gasteiger partial charge on any atom is -0.426 e. The second-order valence-corrected chi connectivity index (χ2v) is 10.3. The summed E-state index contributed by atoms with van der Waals surface area (Å²) in [5.41, 5.74) is 0.723.